The topological polar surface area (TPSA) is 129 Å². The minimum atomic E-state index is -2.99. The van der Waals surface area contributed by atoms with Gasteiger partial charge >= 0.3 is 0 Å². The maximum atomic E-state index is 13.1. The van der Waals surface area contributed by atoms with Gasteiger partial charge < -0.3 is 20.5 Å². The van der Waals surface area contributed by atoms with Crippen molar-refractivity contribution in [2.75, 3.05) is 17.2 Å². The molecule has 3 N–H and O–H groups in total. The zero-order chi connectivity index (χ0) is 21.9. The van der Waals surface area contributed by atoms with E-state index in [4.69, 9.17) is 4.74 Å². The zero-order valence-electron chi connectivity index (χ0n) is 16.9. The van der Waals surface area contributed by atoms with E-state index in [2.05, 4.69) is 30.6 Å². The summed E-state index contributed by atoms with van der Waals surface area (Å²) in [6.07, 6.45) is 4.17. The van der Waals surface area contributed by atoms with Crippen molar-refractivity contribution in [2.24, 2.45) is 5.41 Å². The average Bonchev–Trinajstić information content (AvgIpc) is 2.70. The third-order valence-corrected chi connectivity index (χ3v) is 5.08. The molecule has 0 radical (unpaired) electrons. The minimum absolute atomic E-state index is 0.0382. The van der Waals surface area contributed by atoms with Gasteiger partial charge in [-0.1, -0.05) is 13.8 Å². The number of aliphatic hydroxyl groups excluding tert-OH is 1. The predicted molar refractivity (Wildman–Crippen MR) is 104 cm³/mol. The Hall–Kier alpha value is -3.13. The lowest BCUT2D eigenvalue weighted by molar-refractivity contribution is -0.0511. The van der Waals surface area contributed by atoms with Gasteiger partial charge in [0.2, 0.25) is 11.8 Å². The molecule has 1 fully saturated rings. The maximum Gasteiger partial charge on any atom is 0.278 e. The van der Waals surface area contributed by atoms with Crippen LogP contribution in [0.4, 0.5) is 20.5 Å². The van der Waals surface area contributed by atoms with Gasteiger partial charge in [0.05, 0.1) is 17.9 Å². The predicted octanol–water partition coefficient (Wildman–Crippen LogP) is 2.36. The summed E-state index contributed by atoms with van der Waals surface area (Å²) >= 11 is 0. The summed E-state index contributed by atoms with van der Waals surface area (Å²) in [7, 11) is 0. The monoisotopic (exact) mass is 419 g/mol. The molecule has 160 valence electrons. The molecule has 0 bridgehead atoms. The van der Waals surface area contributed by atoms with Gasteiger partial charge in [-0.3, -0.25) is 0 Å². The maximum absolute atomic E-state index is 13.1. The van der Waals surface area contributed by atoms with Gasteiger partial charge in [-0.15, -0.1) is 0 Å². The number of aromatic nitrogens is 4. The van der Waals surface area contributed by atoms with Gasteiger partial charge in [0.1, 0.15) is 23.8 Å². The first kappa shape index (κ1) is 21.6. The molecule has 1 aliphatic rings. The Kier molecular flexibility index (Phi) is 5.98. The van der Waals surface area contributed by atoms with E-state index in [-0.39, 0.29) is 35.4 Å². The van der Waals surface area contributed by atoms with Gasteiger partial charge in [0.25, 0.3) is 5.92 Å². The van der Waals surface area contributed by atoms with Crippen LogP contribution in [0.25, 0.3) is 0 Å². The molecular formula is C19H23F2N7O2. The Morgan fingerprint density at radius 3 is 2.77 bits per heavy atom. The zero-order valence-corrected chi connectivity index (χ0v) is 16.9. The molecule has 9 nitrogen and oxygen atoms in total. The fourth-order valence-electron chi connectivity index (χ4n) is 2.94. The van der Waals surface area contributed by atoms with Crippen molar-refractivity contribution in [3.8, 4) is 11.9 Å². The number of nitriles is 1. The van der Waals surface area contributed by atoms with Crippen molar-refractivity contribution in [1.82, 2.24) is 19.9 Å². The number of hydrogen-bond donors (Lipinski definition) is 3. The van der Waals surface area contributed by atoms with Crippen molar-refractivity contribution < 1.29 is 18.6 Å². The van der Waals surface area contributed by atoms with Crippen molar-refractivity contribution in [3.05, 3.63) is 29.8 Å². The fourth-order valence-corrected chi connectivity index (χ4v) is 2.94. The second-order valence-electron chi connectivity index (χ2n) is 7.90. The van der Waals surface area contributed by atoms with Crippen LogP contribution in [0.5, 0.6) is 5.88 Å². The van der Waals surface area contributed by atoms with Crippen LogP contribution in [0.2, 0.25) is 0 Å². The first-order valence-electron chi connectivity index (χ1n) is 9.35. The number of hydrogen-bond acceptors (Lipinski definition) is 9. The number of nitrogens with one attached hydrogen (secondary N) is 2. The van der Waals surface area contributed by atoms with Crippen molar-refractivity contribution >= 4 is 11.8 Å². The third kappa shape index (κ3) is 4.88. The summed E-state index contributed by atoms with van der Waals surface area (Å²) in [6, 6.07) is 2.00. The van der Waals surface area contributed by atoms with Gasteiger partial charge in [0, 0.05) is 31.1 Å². The van der Waals surface area contributed by atoms with Crippen LogP contribution in [0, 0.1) is 16.7 Å². The van der Waals surface area contributed by atoms with Crippen LogP contribution in [0.3, 0.4) is 0 Å². The van der Waals surface area contributed by atoms with E-state index in [1.807, 2.05) is 19.9 Å². The Morgan fingerprint density at radius 2 is 2.13 bits per heavy atom. The van der Waals surface area contributed by atoms with E-state index in [9.17, 15) is 19.1 Å². The molecule has 2 heterocycles. The van der Waals surface area contributed by atoms with Crippen LogP contribution in [0.1, 0.15) is 38.3 Å². The highest BCUT2D eigenvalue weighted by Gasteiger charge is 2.47. The number of aliphatic hydroxyl groups is 1. The largest absolute Gasteiger partial charge is 0.471 e. The highest BCUT2D eigenvalue weighted by Crippen LogP contribution is 2.42. The quantitative estimate of drug-likeness (QED) is 0.590. The molecule has 11 heteroatoms. The normalized spacial score (nSPS) is 20.0. The number of halogens is 2. The minimum Gasteiger partial charge on any atom is -0.471 e. The first-order chi connectivity index (χ1) is 14.1. The van der Waals surface area contributed by atoms with E-state index >= 15 is 0 Å². The van der Waals surface area contributed by atoms with Crippen LogP contribution < -0.4 is 15.4 Å². The summed E-state index contributed by atoms with van der Waals surface area (Å²) < 4.78 is 31.2. The van der Waals surface area contributed by atoms with E-state index in [1.165, 1.54) is 18.7 Å². The Bertz CT molecular complexity index is 943. The average molecular weight is 419 g/mol. The van der Waals surface area contributed by atoms with Crippen molar-refractivity contribution in [1.29, 1.82) is 5.26 Å². The molecule has 0 spiro atoms. The fraction of sp³-hybridized carbons (Fsp3) is 0.526. The number of rotatable bonds is 8. The van der Waals surface area contributed by atoms with Crippen LogP contribution in [-0.4, -0.2) is 49.7 Å². The third-order valence-electron chi connectivity index (χ3n) is 5.08. The molecule has 0 saturated heterocycles. The Labute approximate surface area is 172 Å². The first-order valence-corrected chi connectivity index (χ1v) is 9.35. The molecule has 30 heavy (non-hydrogen) atoms. The molecule has 0 unspecified atom stereocenters. The van der Waals surface area contributed by atoms with Crippen LogP contribution >= 0.6 is 0 Å². The lowest BCUT2D eigenvalue weighted by Crippen LogP contribution is -2.57. The van der Waals surface area contributed by atoms with Gasteiger partial charge in [-0.2, -0.15) is 10.2 Å². The summed E-state index contributed by atoms with van der Waals surface area (Å²) in [4.78, 5) is 16.2. The SMILES string of the molecule is CC(F)(F)COc1ncncc1CNc1ncc(C#N)c(N[C@H]2C[C@@H](O)C2(C)C)n1. The smallest absolute Gasteiger partial charge is 0.278 e. The summed E-state index contributed by atoms with van der Waals surface area (Å²) in [6.45, 7) is 3.95. The summed E-state index contributed by atoms with van der Waals surface area (Å²) in [5, 5.41) is 25.4. The summed E-state index contributed by atoms with van der Waals surface area (Å²) in [5.74, 6) is -2.37. The van der Waals surface area contributed by atoms with Gasteiger partial charge in [-0.25, -0.2) is 23.7 Å². The highest BCUT2D eigenvalue weighted by atomic mass is 19.3. The van der Waals surface area contributed by atoms with Gasteiger partial charge in [0.15, 0.2) is 6.61 Å². The molecule has 2 atom stereocenters. The number of alkyl halides is 2. The van der Waals surface area contributed by atoms with E-state index < -0.39 is 18.6 Å². The molecule has 2 aromatic heterocycles. The lowest BCUT2D eigenvalue weighted by atomic mass is 9.64. The van der Waals surface area contributed by atoms with Gasteiger partial charge in [-0.05, 0) is 6.42 Å². The molecule has 2 aromatic rings. The number of anilines is 2. The van der Waals surface area contributed by atoms with Crippen LogP contribution in [0.15, 0.2) is 18.7 Å². The van der Waals surface area contributed by atoms with E-state index in [0.717, 1.165) is 6.92 Å². The Balaban J connectivity index is 1.70. The van der Waals surface area contributed by atoms with Crippen molar-refractivity contribution in [2.45, 2.75) is 51.8 Å². The molecule has 0 aromatic carbocycles. The summed E-state index contributed by atoms with van der Waals surface area (Å²) in [5.41, 5.74) is 0.377. The highest BCUT2D eigenvalue weighted by molar-refractivity contribution is 5.54. The molecular weight excluding hydrogens is 396 g/mol. The number of ether oxygens (including phenoxy) is 1. The Morgan fingerprint density at radius 1 is 1.37 bits per heavy atom. The molecule has 0 amide bonds. The lowest BCUT2D eigenvalue weighted by Gasteiger charge is -2.49. The molecule has 1 aliphatic carbocycles. The van der Waals surface area contributed by atoms with Crippen molar-refractivity contribution in [3.63, 3.8) is 0 Å². The standard InChI is InChI=1S/C19H23F2N7O2/c1-18(2)13(4-14(18)29)27-15-11(5-22)7-24-17(28-15)25-8-12-6-23-10-26-16(12)30-9-19(3,20)21/h6-7,10,13-14,29H,4,8-9H2,1-3H3,(H2,24,25,27,28)/t13-,14+/m0/s1. The molecule has 1 saturated carbocycles. The second kappa shape index (κ2) is 8.31. The van der Waals surface area contributed by atoms with E-state index in [1.54, 1.807) is 0 Å². The van der Waals surface area contributed by atoms with Crippen LogP contribution in [-0.2, 0) is 6.54 Å². The molecule has 3 rings (SSSR count). The second-order valence-corrected chi connectivity index (χ2v) is 7.90. The number of nitrogens with zero attached hydrogens (tertiary/aromatic N) is 5. The molecule has 0 aliphatic heterocycles. The van der Waals surface area contributed by atoms with E-state index in [0.29, 0.717) is 17.8 Å².